The van der Waals surface area contributed by atoms with Crippen LogP contribution in [0.15, 0.2) is 42.0 Å². The van der Waals surface area contributed by atoms with Crippen LogP contribution in [0, 0.1) is 5.92 Å². The zero-order valence-corrected chi connectivity index (χ0v) is 13.2. The molecule has 0 aliphatic heterocycles. The van der Waals surface area contributed by atoms with Gasteiger partial charge in [0.2, 0.25) is 0 Å². The van der Waals surface area contributed by atoms with Gasteiger partial charge in [0.25, 0.3) is 0 Å². The van der Waals surface area contributed by atoms with Gasteiger partial charge in [0.15, 0.2) is 0 Å². The van der Waals surface area contributed by atoms with Crippen LogP contribution in [0.3, 0.4) is 0 Å². The largest absolute Gasteiger partial charge is 0.497 e. The molecular formula is C18H25NO2. The van der Waals surface area contributed by atoms with Crippen LogP contribution in [0.25, 0.3) is 0 Å². The van der Waals surface area contributed by atoms with Gasteiger partial charge in [0.1, 0.15) is 11.5 Å². The van der Waals surface area contributed by atoms with Gasteiger partial charge in [-0.2, -0.15) is 0 Å². The fraction of sp³-hybridized carbons (Fsp3) is 0.444. The van der Waals surface area contributed by atoms with Crippen molar-refractivity contribution >= 4 is 5.69 Å². The van der Waals surface area contributed by atoms with Gasteiger partial charge >= 0.3 is 0 Å². The summed E-state index contributed by atoms with van der Waals surface area (Å²) in [5, 5.41) is 3.46. The van der Waals surface area contributed by atoms with Crippen LogP contribution in [-0.4, -0.2) is 20.8 Å². The van der Waals surface area contributed by atoms with Crippen molar-refractivity contribution < 1.29 is 9.47 Å². The summed E-state index contributed by atoms with van der Waals surface area (Å²) in [5.41, 5.74) is 3.79. The first-order chi connectivity index (χ1) is 10.1. The zero-order chi connectivity index (χ0) is 15.2. The molecule has 0 bridgehead atoms. The number of benzene rings is 1. The zero-order valence-electron chi connectivity index (χ0n) is 13.2. The van der Waals surface area contributed by atoms with Crippen LogP contribution in [0.2, 0.25) is 0 Å². The van der Waals surface area contributed by atoms with Crippen molar-refractivity contribution in [3.05, 3.63) is 42.0 Å². The third-order valence-corrected chi connectivity index (χ3v) is 4.07. The van der Waals surface area contributed by atoms with E-state index in [-0.39, 0.29) is 0 Å². The topological polar surface area (TPSA) is 30.5 Å². The molecule has 1 atom stereocenters. The second-order valence-electron chi connectivity index (χ2n) is 5.63. The van der Waals surface area contributed by atoms with Crippen molar-refractivity contribution in [2.45, 2.75) is 26.2 Å². The molecule has 0 amide bonds. The lowest BCUT2D eigenvalue weighted by atomic mass is 9.85. The number of methoxy groups -OCH3 is 2. The van der Waals surface area contributed by atoms with Gasteiger partial charge in [-0.05, 0) is 32.1 Å². The molecule has 1 N–H and O–H groups in total. The lowest BCUT2D eigenvalue weighted by molar-refractivity contribution is 0.394. The minimum absolute atomic E-state index is 0.658. The van der Waals surface area contributed by atoms with E-state index in [2.05, 4.69) is 24.9 Å². The maximum atomic E-state index is 5.29. The number of hydrogen-bond donors (Lipinski definition) is 1. The summed E-state index contributed by atoms with van der Waals surface area (Å²) in [7, 11) is 3.33. The average Bonchev–Trinajstić information content (AvgIpc) is 2.52. The number of ether oxygens (including phenoxy) is 2. The van der Waals surface area contributed by atoms with Crippen LogP contribution in [0.5, 0.6) is 11.5 Å². The van der Waals surface area contributed by atoms with Gasteiger partial charge in [-0.3, -0.25) is 0 Å². The van der Waals surface area contributed by atoms with Crippen LogP contribution in [0.4, 0.5) is 5.69 Å². The summed E-state index contributed by atoms with van der Waals surface area (Å²) in [6.45, 7) is 7.07. The SMILES string of the molecule is C=C(C)[C@@H]1CC=C(CNc2cc(OC)cc(OC)c2)CC1. The molecule has 2 rings (SSSR count). The molecule has 0 aromatic heterocycles. The van der Waals surface area contributed by atoms with E-state index in [0.717, 1.165) is 36.6 Å². The van der Waals surface area contributed by atoms with Gasteiger partial charge < -0.3 is 14.8 Å². The third kappa shape index (κ3) is 4.28. The maximum absolute atomic E-state index is 5.29. The molecule has 1 aliphatic rings. The van der Waals surface area contributed by atoms with Crippen LogP contribution < -0.4 is 14.8 Å². The predicted octanol–water partition coefficient (Wildman–Crippen LogP) is 4.42. The van der Waals surface area contributed by atoms with Gasteiger partial charge in [-0.1, -0.05) is 23.8 Å². The average molecular weight is 287 g/mol. The smallest absolute Gasteiger partial charge is 0.124 e. The Morgan fingerprint density at radius 2 is 1.90 bits per heavy atom. The molecule has 0 saturated heterocycles. The molecule has 0 heterocycles. The van der Waals surface area contributed by atoms with E-state index in [1.807, 2.05) is 18.2 Å². The minimum Gasteiger partial charge on any atom is -0.497 e. The Morgan fingerprint density at radius 3 is 2.38 bits per heavy atom. The van der Waals surface area contributed by atoms with E-state index in [1.54, 1.807) is 14.2 Å². The Hall–Kier alpha value is -1.90. The fourth-order valence-electron chi connectivity index (χ4n) is 2.62. The molecule has 3 heteroatoms. The van der Waals surface area contributed by atoms with Gasteiger partial charge in [-0.25, -0.2) is 0 Å². The molecule has 0 unspecified atom stereocenters. The summed E-state index contributed by atoms with van der Waals surface area (Å²) in [5.74, 6) is 2.26. The molecule has 1 aliphatic carbocycles. The lowest BCUT2D eigenvalue weighted by Crippen LogP contribution is -2.12. The highest BCUT2D eigenvalue weighted by atomic mass is 16.5. The van der Waals surface area contributed by atoms with Gasteiger partial charge in [0.05, 0.1) is 14.2 Å². The summed E-state index contributed by atoms with van der Waals surface area (Å²) < 4.78 is 10.6. The fourth-order valence-corrected chi connectivity index (χ4v) is 2.62. The van der Waals surface area contributed by atoms with E-state index >= 15 is 0 Å². The van der Waals surface area contributed by atoms with Crippen molar-refractivity contribution in [2.24, 2.45) is 5.92 Å². The van der Waals surface area contributed by atoms with Crippen molar-refractivity contribution in [3.63, 3.8) is 0 Å². The molecule has 0 saturated carbocycles. The van der Waals surface area contributed by atoms with E-state index in [0.29, 0.717) is 5.92 Å². The highest BCUT2D eigenvalue weighted by molar-refractivity contribution is 5.54. The number of hydrogen-bond acceptors (Lipinski definition) is 3. The lowest BCUT2D eigenvalue weighted by Gasteiger charge is -2.22. The molecule has 114 valence electrons. The van der Waals surface area contributed by atoms with E-state index in [9.17, 15) is 0 Å². The second-order valence-corrected chi connectivity index (χ2v) is 5.63. The highest BCUT2D eigenvalue weighted by Crippen LogP contribution is 2.29. The number of nitrogens with one attached hydrogen (secondary N) is 1. The first-order valence-electron chi connectivity index (χ1n) is 7.42. The first kappa shape index (κ1) is 15.5. The predicted molar refractivity (Wildman–Crippen MR) is 88.3 cm³/mol. The molecular weight excluding hydrogens is 262 g/mol. The number of rotatable bonds is 6. The number of anilines is 1. The van der Waals surface area contributed by atoms with Crippen molar-refractivity contribution in [2.75, 3.05) is 26.1 Å². The van der Waals surface area contributed by atoms with E-state index in [1.165, 1.54) is 17.6 Å². The highest BCUT2D eigenvalue weighted by Gasteiger charge is 2.14. The number of allylic oxidation sites excluding steroid dienone is 2. The molecule has 0 fully saturated rings. The second kappa shape index (κ2) is 7.21. The summed E-state index contributed by atoms with van der Waals surface area (Å²) >= 11 is 0. The standard InChI is InChI=1S/C18H25NO2/c1-13(2)15-7-5-14(6-8-15)12-19-16-9-17(20-3)11-18(10-16)21-4/h5,9-11,15,19H,1,6-8,12H2,2-4H3/t15-/m1/s1. The third-order valence-electron chi connectivity index (χ3n) is 4.07. The molecule has 0 spiro atoms. The van der Waals surface area contributed by atoms with Crippen LogP contribution in [0.1, 0.15) is 26.2 Å². The van der Waals surface area contributed by atoms with E-state index < -0.39 is 0 Å². The Labute approximate surface area is 127 Å². The molecule has 21 heavy (non-hydrogen) atoms. The quantitative estimate of drug-likeness (QED) is 0.786. The molecule has 1 aromatic rings. The minimum atomic E-state index is 0.658. The van der Waals surface area contributed by atoms with Crippen molar-refractivity contribution in [1.29, 1.82) is 0 Å². The summed E-state index contributed by atoms with van der Waals surface area (Å²) in [4.78, 5) is 0. The van der Waals surface area contributed by atoms with Crippen molar-refractivity contribution in [3.8, 4) is 11.5 Å². The van der Waals surface area contributed by atoms with Gasteiger partial charge in [-0.15, -0.1) is 0 Å². The first-order valence-corrected chi connectivity index (χ1v) is 7.42. The Bertz CT molecular complexity index is 512. The molecule has 1 aromatic carbocycles. The molecule has 0 radical (unpaired) electrons. The summed E-state index contributed by atoms with van der Waals surface area (Å²) in [6.07, 6.45) is 5.83. The Kier molecular flexibility index (Phi) is 5.32. The van der Waals surface area contributed by atoms with Gasteiger partial charge in [0, 0.05) is 30.4 Å². The van der Waals surface area contributed by atoms with Crippen LogP contribution >= 0.6 is 0 Å². The maximum Gasteiger partial charge on any atom is 0.124 e. The Morgan fingerprint density at radius 1 is 1.24 bits per heavy atom. The Balaban J connectivity index is 1.96. The molecule has 3 nitrogen and oxygen atoms in total. The normalized spacial score (nSPS) is 17.9. The van der Waals surface area contributed by atoms with Crippen molar-refractivity contribution in [1.82, 2.24) is 0 Å². The monoisotopic (exact) mass is 287 g/mol. The van der Waals surface area contributed by atoms with Crippen LogP contribution in [-0.2, 0) is 0 Å². The summed E-state index contributed by atoms with van der Waals surface area (Å²) in [6, 6.07) is 5.85. The van der Waals surface area contributed by atoms with E-state index in [4.69, 9.17) is 9.47 Å².